The molecule has 5 rings (SSSR count). The number of amides is 2. The molecule has 10 heteroatoms. The lowest BCUT2D eigenvalue weighted by atomic mass is 9.87. The fourth-order valence-electron chi connectivity index (χ4n) is 5.08. The summed E-state index contributed by atoms with van der Waals surface area (Å²) in [5.74, 6) is -1.21. The van der Waals surface area contributed by atoms with Gasteiger partial charge < -0.3 is 9.80 Å². The van der Waals surface area contributed by atoms with Crippen molar-refractivity contribution in [2.75, 3.05) is 25.5 Å². The summed E-state index contributed by atoms with van der Waals surface area (Å²) in [5, 5.41) is 5.65. The number of rotatable bonds is 4. The third-order valence-electron chi connectivity index (χ3n) is 6.96. The molecule has 178 valence electrons. The van der Waals surface area contributed by atoms with Crippen LogP contribution in [0.3, 0.4) is 0 Å². The summed E-state index contributed by atoms with van der Waals surface area (Å²) in [4.78, 5) is 38.0. The number of hydrogen-bond donors (Lipinski definition) is 0. The Morgan fingerprint density at radius 1 is 1.09 bits per heavy atom. The van der Waals surface area contributed by atoms with Gasteiger partial charge in [-0.1, -0.05) is 0 Å². The average Bonchev–Trinajstić information content (AvgIpc) is 3.38. The Bertz CT molecular complexity index is 1150. The Hall–Kier alpha value is -3.43. The van der Waals surface area contributed by atoms with Gasteiger partial charge in [-0.25, -0.2) is 23.8 Å². The fraction of sp³-hybridized carbons (Fsp3) is 0.458. The summed E-state index contributed by atoms with van der Waals surface area (Å²) in [7, 11) is 3.35. The van der Waals surface area contributed by atoms with E-state index < -0.39 is 17.7 Å². The molecule has 1 saturated carbocycles. The van der Waals surface area contributed by atoms with E-state index in [1.165, 1.54) is 28.4 Å². The van der Waals surface area contributed by atoms with Crippen LogP contribution in [0, 0.1) is 17.6 Å². The average molecular weight is 469 g/mol. The number of aromatic nitrogens is 2. The number of carbonyl (C=O) groups is 2. The van der Waals surface area contributed by atoms with Gasteiger partial charge in [0.1, 0.15) is 29.5 Å². The molecule has 1 aromatic heterocycles. The van der Waals surface area contributed by atoms with E-state index >= 15 is 0 Å². The van der Waals surface area contributed by atoms with Crippen molar-refractivity contribution in [3.8, 4) is 0 Å². The highest BCUT2D eigenvalue weighted by Gasteiger charge is 2.54. The summed E-state index contributed by atoms with van der Waals surface area (Å²) >= 11 is 0. The lowest BCUT2D eigenvalue weighted by Crippen LogP contribution is -2.49. The van der Waals surface area contributed by atoms with Gasteiger partial charge in [0.2, 0.25) is 5.91 Å². The topological polar surface area (TPSA) is 82.0 Å². The van der Waals surface area contributed by atoms with Crippen molar-refractivity contribution in [3.63, 3.8) is 0 Å². The van der Waals surface area contributed by atoms with Gasteiger partial charge in [0.15, 0.2) is 0 Å². The fourth-order valence-corrected chi connectivity index (χ4v) is 5.08. The second kappa shape index (κ2) is 8.41. The third kappa shape index (κ3) is 4.01. The van der Waals surface area contributed by atoms with Crippen LogP contribution in [0.4, 0.5) is 14.6 Å². The van der Waals surface area contributed by atoms with Crippen molar-refractivity contribution in [1.29, 1.82) is 0 Å². The molecule has 2 fully saturated rings. The largest absolute Gasteiger partial charge is 0.351 e. The first-order valence-corrected chi connectivity index (χ1v) is 11.4. The minimum Gasteiger partial charge on any atom is -0.351 e. The number of hydrogen-bond acceptors (Lipinski definition) is 6. The van der Waals surface area contributed by atoms with Gasteiger partial charge >= 0.3 is 0 Å². The predicted octanol–water partition coefficient (Wildman–Crippen LogP) is 3.17. The summed E-state index contributed by atoms with van der Waals surface area (Å²) in [5.41, 5.74) is 0.552. The zero-order chi connectivity index (χ0) is 24.0. The standard InChI is InChI=1S/C24H26F2N6O2/c1-30(2)23(34)19-12-21(28-14-27-19)31-8-4-15(13-24(31)5-6-24)22(33)32-20(3-7-29-32)16-9-17(25)11-18(26)10-16/h7,9-12,14-15,20H,3-6,8,13H2,1-2H3/t15-,20-/m0/s1. The quantitative estimate of drug-likeness (QED) is 0.689. The second-order valence-corrected chi connectivity index (χ2v) is 9.46. The number of piperidine rings is 1. The van der Waals surface area contributed by atoms with Crippen LogP contribution in [0.15, 0.2) is 35.7 Å². The zero-order valence-corrected chi connectivity index (χ0v) is 19.1. The molecule has 3 aliphatic rings. The molecule has 2 amide bonds. The van der Waals surface area contributed by atoms with Crippen LogP contribution >= 0.6 is 0 Å². The van der Waals surface area contributed by atoms with Gasteiger partial charge in [0.25, 0.3) is 5.91 Å². The van der Waals surface area contributed by atoms with E-state index in [4.69, 9.17) is 0 Å². The van der Waals surface area contributed by atoms with Gasteiger partial charge in [-0.15, -0.1) is 0 Å². The van der Waals surface area contributed by atoms with Crippen molar-refractivity contribution in [1.82, 2.24) is 19.9 Å². The molecule has 1 saturated heterocycles. The molecule has 34 heavy (non-hydrogen) atoms. The van der Waals surface area contributed by atoms with Crippen molar-refractivity contribution in [3.05, 3.63) is 53.5 Å². The molecule has 1 aromatic carbocycles. The maximum absolute atomic E-state index is 13.8. The van der Waals surface area contributed by atoms with Crippen molar-refractivity contribution in [2.24, 2.45) is 11.0 Å². The lowest BCUT2D eigenvalue weighted by Gasteiger charge is -2.41. The van der Waals surface area contributed by atoms with Gasteiger partial charge in [-0.05, 0) is 43.4 Å². The van der Waals surface area contributed by atoms with Gasteiger partial charge in [-0.3, -0.25) is 9.59 Å². The first-order chi connectivity index (χ1) is 16.3. The summed E-state index contributed by atoms with van der Waals surface area (Å²) < 4.78 is 27.6. The van der Waals surface area contributed by atoms with E-state index in [-0.39, 0.29) is 23.3 Å². The Morgan fingerprint density at radius 3 is 2.50 bits per heavy atom. The van der Waals surface area contributed by atoms with Crippen LogP contribution in [0.25, 0.3) is 0 Å². The number of anilines is 1. The molecule has 0 bridgehead atoms. The minimum atomic E-state index is -0.670. The molecular weight excluding hydrogens is 442 g/mol. The Morgan fingerprint density at radius 2 is 1.82 bits per heavy atom. The number of benzene rings is 1. The molecule has 3 heterocycles. The van der Waals surface area contributed by atoms with E-state index in [1.807, 2.05) is 0 Å². The smallest absolute Gasteiger partial charge is 0.272 e. The molecule has 2 aliphatic heterocycles. The number of hydrazone groups is 1. The van der Waals surface area contributed by atoms with E-state index in [0.717, 1.165) is 18.9 Å². The van der Waals surface area contributed by atoms with Crippen LogP contribution < -0.4 is 4.90 Å². The highest BCUT2D eigenvalue weighted by atomic mass is 19.1. The zero-order valence-electron chi connectivity index (χ0n) is 19.1. The van der Waals surface area contributed by atoms with Crippen LogP contribution in [-0.4, -0.2) is 64.1 Å². The molecule has 0 unspecified atom stereocenters. The lowest BCUT2D eigenvalue weighted by molar-refractivity contribution is -0.138. The molecule has 1 aliphatic carbocycles. The molecule has 2 atom stereocenters. The third-order valence-corrected chi connectivity index (χ3v) is 6.96. The molecule has 8 nitrogen and oxygen atoms in total. The molecule has 0 radical (unpaired) electrons. The maximum Gasteiger partial charge on any atom is 0.272 e. The summed E-state index contributed by atoms with van der Waals surface area (Å²) in [6.07, 6.45) is 6.54. The van der Waals surface area contributed by atoms with Crippen LogP contribution in [0.5, 0.6) is 0 Å². The van der Waals surface area contributed by atoms with Crippen molar-refractivity contribution >= 4 is 23.8 Å². The molecular formula is C24H26F2N6O2. The summed E-state index contributed by atoms with van der Waals surface area (Å²) in [6, 6.07) is 4.55. The number of halogens is 2. The van der Waals surface area contributed by atoms with E-state index in [1.54, 1.807) is 26.4 Å². The first-order valence-electron chi connectivity index (χ1n) is 11.4. The van der Waals surface area contributed by atoms with Crippen molar-refractivity contribution in [2.45, 2.75) is 43.7 Å². The normalized spacial score (nSPS) is 22.8. The predicted molar refractivity (Wildman–Crippen MR) is 121 cm³/mol. The molecule has 0 N–H and O–H groups in total. The molecule has 1 spiro atoms. The van der Waals surface area contributed by atoms with E-state index in [9.17, 15) is 18.4 Å². The monoisotopic (exact) mass is 468 g/mol. The first kappa shape index (κ1) is 22.4. The highest BCUT2D eigenvalue weighted by molar-refractivity contribution is 5.92. The maximum atomic E-state index is 13.8. The Balaban J connectivity index is 1.33. The highest BCUT2D eigenvalue weighted by Crippen LogP contribution is 2.52. The number of carbonyl (C=O) groups excluding carboxylic acids is 2. The molecule has 2 aromatic rings. The van der Waals surface area contributed by atoms with Gasteiger partial charge in [0, 0.05) is 56.9 Å². The summed E-state index contributed by atoms with van der Waals surface area (Å²) in [6.45, 7) is 0.611. The Kier molecular flexibility index (Phi) is 5.53. The number of nitrogens with zero attached hydrogens (tertiary/aromatic N) is 6. The second-order valence-electron chi connectivity index (χ2n) is 9.46. The van der Waals surface area contributed by atoms with Crippen molar-refractivity contribution < 1.29 is 18.4 Å². The van der Waals surface area contributed by atoms with Crippen LogP contribution in [0.1, 0.15) is 54.2 Å². The van der Waals surface area contributed by atoms with E-state index in [2.05, 4.69) is 20.0 Å². The van der Waals surface area contributed by atoms with Gasteiger partial charge in [0.05, 0.1) is 6.04 Å². The Labute approximate surface area is 196 Å². The van der Waals surface area contributed by atoms with Crippen LogP contribution in [-0.2, 0) is 4.79 Å². The van der Waals surface area contributed by atoms with Gasteiger partial charge in [-0.2, -0.15) is 5.10 Å². The SMILES string of the molecule is CN(C)C(=O)c1cc(N2CC[C@H](C(=O)N3N=CC[C@H]3c3cc(F)cc(F)c3)CC23CC3)ncn1. The van der Waals surface area contributed by atoms with Crippen LogP contribution in [0.2, 0.25) is 0 Å². The van der Waals surface area contributed by atoms with E-state index in [0.29, 0.717) is 42.9 Å². The minimum absolute atomic E-state index is 0.125.